The Morgan fingerprint density at radius 3 is 2.16 bits per heavy atom. The van der Waals surface area contributed by atoms with Crippen LogP contribution in [0.25, 0.3) is 0 Å². The predicted molar refractivity (Wildman–Crippen MR) is 99.1 cm³/mol. The summed E-state index contributed by atoms with van der Waals surface area (Å²) < 4.78 is 18.8. The molecular formula is C21H38O4. The van der Waals surface area contributed by atoms with E-state index < -0.39 is 5.79 Å². The number of esters is 1. The van der Waals surface area contributed by atoms with Crippen molar-refractivity contribution in [2.75, 3.05) is 0 Å². The molecule has 0 amide bonds. The van der Waals surface area contributed by atoms with E-state index in [-0.39, 0.29) is 30.2 Å². The highest BCUT2D eigenvalue weighted by Gasteiger charge is 2.48. The van der Waals surface area contributed by atoms with Crippen molar-refractivity contribution in [3.8, 4) is 0 Å². The summed E-state index contributed by atoms with van der Waals surface area (Å²) in [7, 11) is 0. The van der Waals surface area contributed by atoms with Gasteiger partial charge in [-0.2, -0.15) is 0 Å². The highest BCUT2D eigenvalue weighted by Crippen LogP contribution is 2.44. The summed E-state index contributed by atoms with van der Waals surface area (Å²) in [6, 6.07) is 0. The Labute approximate surface area is 154 Å². The fourth-order valence-corrected chi connectivity index (χ4v) is 4.61. The minimum Gasteiger partial charge on any atom is -0.459 e. The lowest BCUT2D eigenvalue weighted by atomic mass is 9.81. The zero-order valence-corrected chi connectivity index (χ0v) is 17.2. The number of carbonyl (C=O) groups is 1. The maximum Gasteiger partial charge on any atom is 0.306 e. The first kappa shape index (κ1) is 20.7. The Hall–Kier alpha value is -0.610. The van der Waals surface area contributed by atoms with Crippen molar-refractivity contribution >= 4 is 5.97 Å². The molecule has 0 bridgehead atoms. The van der Waals surface area contributed by atoms with Gasteiger partial charge in [0.15, 0.2) is 5.79 Å². The van der Waals surface area contributed by atoms with Crippen LogP contribution in [0.2, 0.25) is 0 Å². The predicted octanol–water partition coefficient (Wildman–Crippen LogP) is 4.95. The van der Waals surface area contributed by atoms with Gasteiger partial charge in [0.05, 0.1) is 12.2 Å². The first-order chi connectivity index (χ1) is 11.6. The topological polar surface area (TPSA) is 44.8 Å². The van der Waals surface area contributed by atoms with Crippen LogP contribution < -0.4 is 0 Å². The summed E-state index contributed by atoms with van der Waals surface area (Å²) in [5.41, 5.74) is 0. The molecule has 4 nitrogen and oxygen atoms in total. The van der Waals surface area contributed by atoms with Crippen molar-refractivity contribution in [1.29, 1.82) is 0 Å². The zero-order chi connectivity index (χ0) is 18.8. The molecule has 25 heavy (non-hydrogen) atoms. The second kappa shape index (κ2) is 8.39. The van der Waals surface area contributed by atoms with E-state index in [1.807, 2.05) is 13.8 Å². The normalized spacial score (nSPS) is 37.5. The summed E-state index contributed by atoms with van der Waals surface area (Å²) in [4.78, 5) is 12.3. The molecule has 2 aliphatic heterocycles. The van der Waals surface area contributed by atoms with Gasteiger partial charge >= 0.3 is 5.97 Å². The molecule has 4 heteroatoms. The molecule has 146 valence electrons. The lowest BCUT2D eigenvalue weighted by Crippen LogP contribution is -2.55. The van der Waals surface area contributed by atoms with E-state index >= 15 is 0 Å². The summed E-state index contributed by atoms with van der Waals surface area (Å²) in [5.74, 6) is 1.01. The first-order valence-corrected chi connectivity index (χ1v) is 10.2. The highest BCUT2D eigenvalue weighted by atomic mass is 16.7. The molecule has 5 unspecified atom stereocenters. The number of ether oxygens (including phenoxy) is 3. The van der Waals surface area contributed by atoms with E-state index in [9.17, 15) is 4.79 Å². The van der Waals surface area contributed by atoms with Gasteiger partial charge in [0.25, 0.3) is 0 Å². The van der Waals surface area contributed by atoms with Crippen LogP contribution in [0, 0.1) is 23.7 Å². The van der Waals surface area contributed by atoms with E-state index in [0.717, 1.165) is 25.7 Å². The second-order valence-electron chi connectivity index (χ2n) is 9.38. The van der Waals surface area contributed by atoms with Gasteiger partial charge in [0.2, 0.25) is 0 Å². The quantitative estimate of drug-likeness (QED) is 0.656. The summed E-state index contributed by atoms with van der Waals surface area (Å²) in [6.45, 7) is 15.0. The van der Waals surface area contributed by atoms with Crippen molar-refractivity contribution in [2.45, 2.75) is 105 Å². The molecule has 0 aliphatic carbocycles. The Morgan fingerprint density at radius 2 is 1.64 bits per heavy atom. The van der Waals surface area contributed by atoms with Gasteiger partial charge in [0.1, 0.15) is 6.10 Å². The molecule has 0 saturated carbocycles. The van der Waals surface area contributed by atoms with Crippen LogP contribution in [-0.2, 0) is 19.0 Å². The molecule has 0 aromatic heterocycles. The van der Waals surface area contributed by atoms with E-state index in [1.54, 1.807) is 0 Å². The fraction of sp³-hybridized carbons (Fsp3) is 0.952. The fourth-order valence-electron chi connectivity index (χ4n) is 4.61. The zero-order valence-electron chi connectivity index (χ0n) is 17.2. The van der Waals surface area contributed by atoms with Crippen LogP contribution in [0.5, 0.6) is 0 Å². The lowest BCUT2D eigenvalue weighted by molar-refractivity contribution is -0.338. The molecule has 2 fully saturated rings. The number of carbonyl (C=O) groups excluding carboxylic acids is 1. The van der Waals surface area contributed by atoms with E-state index in [1.165, 1.54) is 0 Å². The average molecular weight is 355 g/mol. The molecule has 0 aromatic carbocycles. The van der Waals surface area contributed by atoms with E-state index in [2.05, 4.69) is 34.6 Å². The number of rotatable bonds is 5. The molecule has 1 spiro atoms. The summed E-state index contributed by atoms with van der Waals surface area (Å²) >= 11 is 0. The van der Waals surface area contributed by atoms with E-state index in [4.69, 9.17) is 14.2 Å². The summed E-state index contributed by atoms with van der Waals surface area (Å²) in [5, 5.41) is 0. The van der Waals surface area contributed by atoms with Crippen molar-refractivity contribution in [1.82, 2.24) is 0 Å². The molecular weight excluding hydrogens is 316 g/mol. The second-order valence-corrected chi connectivity index (χ2v) is 9.38. The van der Waals surface area contributed by atoms with Crippen molar-refractivity contribution < 1.29 is 19.0 Å². The maximum atomic E-state index is 12.3. The Bertz CT molecular complexity index is 430. The van der Waals surface area contributed by atoms with Crippen LogP contribution >= 0.6 is 0 Å². The van der Waals surface area contributed by atoms with Crippen molar-refractivity contribution in [3.05, 3.63) is 0 Å². The number of hydrogen-bond donors (Lipinski definition) is 0. The van der Waals surface area contributed by atoms with Gasteiger partial charge in [-0.3, -0.25) is 4.79 Å². The minimum atomic E-state index is -0.503. The van der Waals surface area contributed by atoms with Gasteiger partial charge in [0, 0.05) is 19.3 Å². The Balaban J connectivity index is 2.13. The van der Waals surface area contributed by atoms with Crippen LogP contribution in [0.3, 0.4) is 0 Å². The third-order valence-electron chi connectivity index (χ3n) is 5.34. The molecule has 0 radical (unpaired) electrons. The van der Waals surface area contributed by atoms with Crippen LogP contribution in [0.1, 0.15) is 80.6 Å². The maximum absolute atomic E-state index is 12.3. The monoisotopic (exact) mass is 354 g/mol. The Kier molecular flexibility index (Phi) is 6.94. The minimum absolute atomic E-state index is 0.0858. The highest BCUT2D eigenvalue weighted by molar-refractivity contribution is 5.69. The van der Waals surface area contributed by atoms with Gasteiger partial charge in [-0.05, 0) is 43.4 Å². The van der Waals surface area contributed by atoms with Crippen LogP contribution in [-0.4, -0.2) is 30.1 Å². The molecule has 2 rings (SSSR count). The lowest BCUT2D eigenvalue weighted by Gasteiger charge is -2.50. The largest absolute Gasteiger partial charge is 0.459 e. The van der Waals surface area contributed by atoms with Crippen molar-refractivity contribution in [2.24, 2.45) is 23.7 Å². The van der Waals surface area contributed by atoms with Crippen LogP contribution in [0.4, 0.5) is 0 Å². The SMILES string of the molecule is CC(C)CC(=O)O[C@H](C(C)C)C1CC(C)CC2(CC(C)CC(C)O2)O1. The standard InChI is InChI=1S/C21H38O4/c1-13(2)8-19(22)23-20(14(3)4)18-10-16(6)12-21(25-18)11-15(5)9-17(7)24-21/h13-18,20H,8-12H2,1-7H3/t15?,16?,17?,18?,20-,21?/m1/s1. The summed E-state index contributed by atoms with van der Waals surface area (Å²) in [6.07, 6.45) is 4.26. The molecule has 0 aromatic rings. The molecule has 2 heterocycles. The molecule has 2 saturated heterocycles. The van der Waals surface area contributed by atoms with Gasteiger partial charge < -0.3 is 14.2 Å². The Morgan fingerprint density at radius 1 is 1.04 bits per heavy atom. The van der Waals surface area contributed by atoms with Gasteiger partial charge in [-0.25, -0.2) is 0 Å². The van der Waals surface area contributed by atoms with Gasteiger partial charge in [-0.1, -0.05) is 41.5 Å². The van der Waals surface area contributed by atoms with Gasteiger partial charge in [-0.15, -0.1) is 0 Å². The molecule has 2 aliphatic rings. The van der Waals surface area contributed by atoms with E-state index in [0.29, 0.717) is 24.2 Å². The number of hydrogen-bond acceptors (Lipinski definition) is 4. The van der Waals surface area contributed by atoms with Crippen molar-refractivity contribution in [3.63, 3.8) is 0 Å². The molecule has 6 atom stereocenters. The third kappa shape index (κ3) is 5.68. The van der Waals surface area contributed by atoms with Crippen LogP contribution in [0.15, 0.2) is 0 Å². The first-order valence-electron chi connectivity index (χ1n) is 10.2. The average Bonchev–Trinajstić information content (AvgIpc) is 2.40. The smallest absolute Gasteiger partial charge is 0.306 e. The third-order valence-corrected chi connectivity index (χ3v) is 5.34. The molecule has 0 N–H and O–H groups in total.